The smallest absolute Gasteiger partial charge is 0.321 e. The van der Waals surface area contributed by atoms with Gasteiger partial charge in [0.15, 0.2) is 0 Å². The molecule has 2 aliphatic rings. The van der Waals surface area contributed by atoms with E-state index in [0.717, 1.165) is 38.9 Å². The molecular weight excluding hydrogens is 385 g/mol. The molecule has 7 heteroatoms. The molecule has 1 saturated heterocycles. The van der Waals surface area contributed by atoms with E-state index >= 15 is 0 Å². The predicted octanol–water partition coefficient (Wildman–Crippen LogP) is 4.94. The molecule has 0 atom stereocenters. The highest BCUT2D eigenvalue weighted by atomic mass is 32.1. The number of fused-ring (bicyclic) bond motifs is 5. The van der Waals surface area contributed by atoms with Crippen LogP contribution in [0.15, 0.2) is 34.4 Å². The molecule has 0 spiro atoms. The summed E-state index contributed by atoms with van der Waals surface area (Å²) in [6.07, 6.45) is -2.99. The zero-order valence-corrected chi connectivity index (χ0v) is 15.9. The van der Waals surface area contributed by atoms with Gasteiger partial charge in [-0.05, 0) is 54.1 Å². The Morgan fingerprint density at radius 3 is 2.68 bits per heavy atom. The van der Waals surface area contributed by atoms with Crippen molar-refractivity contribution in [3.8, 4) is 11.3 Å². The lowest BCUT2D eigenvalue weighted by molar-refractivity contribution is -0.185. The summed E-state index contributed by atoms with van der Waals surface area (Å²) in [7, 11) is 0. The van der Waals surface area contributed by atoms with Gasteiger partial charge in [-0.25, -0.2) is 0 Å². The number of hydrogen-bond donors (Lipinski definition) is 1. The summed E-state index contributed by atoms with van der Waals surface area (Å²) in [6, 6.07) is 7.91. The Hall–Kier alpha value is -2.12. The van der Waals surface area contributed by atoms with Crippen LogP contribution in [-0.4, -0.2) is 29.1 Å². The first-order chi connectivity index (χ1) is 13.4. The van der Waals surface area contributed by atoms with Gasteiger partial charge in [-0.3, -0.25) is 9.69 Å². The summed E-state index contributed by atoms with van der Waals surface area (Å²) in [5.41, 5.74) is 5.36. The second kappa shape index (κ2) is 6.46. The maximum Gasteiger partial charge on any atom is 0.391 e. The van der Waals surface area contributed by atoms with Gasteiger partial charge in [-0.15, -0.1) is 11.3 Å². The van der Waals surface area contributed by atoms with Crippen LogP contribution in [0, 0.1) is 5.92 Å². The molecule has 3 nitrogen and oxygen atoms in total. The molecule has 2 aromatic heterocycles. The normalized spacial score (nSPS) is 17.8. The fraction of sp³-hybridized carbons (Fsp3) is 0.381. The van der Waals surface area contributed by atoms with Gasteiger partial charge in [0.1, 0.15) is 0 Å². The quantitative estimate of drug-likeness (QED) is 0.514. The highest BCUT2D eigenvalue weighted by molar-refractivity contribution is 7.17. The number of thiophene rings is 1. The van der Waals surface area contributed by atoms with E-state index in [1.54, 1.807) is 11.3 Å². The summed E-state index contributed by atoms with van der Waals surface area (Å²) in [6.45, 7) is 1.58. The Labute approximate surface area is 163 Å². The molecule has 0 radical (unpaired) electrons. The van der Waals surface area contributed by atoms with Crippen LogP contribution in [0.3, 0.4) is 0 Å². The molecule has 146 valence electrons. The van der Waals surface area contributed by atoms with Crippen LogP contribution in [-0.2, 0) is 13.0 Å². The number of aromatic amines is 1. The van der Waals surface area contributed by atoms with Crippen LogP contribution in [0.4, 0.5) is 13.2 Å². The van der Waals surface area contributed by atoms with E-state index < -0.39 is 12.1 Å². The summed E-state index contributed by atoms with van der Waals surface area (Å²) < 4.78 is 39.8. The predicted molar refractivity (Wildman–Crippen MR) is 105 cm³/mol. The van der Waals surface area contributed by atoms with Crippen molar-refractivity contribution < 1.29 is 13.2 Å². The lowest BCUT2D eigenvalue weighted by atomic mass is 9.95. The molecular formula is C21H19F3N2OS. The van der Waals surface area contributed by atoms with E-state index in [9.17, 15) is 18.0 Å². The van der Waals surface area contributed by atoms with Gasteiger partial charge in [-0.1, -0.05) is 18.2 Å². The number of pyridine rings is 1. The number of aromatic nitrogens is 1. The maximum atomic E-state index is 12.9. The van der Waals surface area contributed by atoms with Crippen molar-refractivity contribution in [1.29, 1.82) is 0 Å². The molecule has 1 aliphatic carbocycles. The van der Waals surface area contributed by atoms with Crippen molar-refractivity contribution in [3.63, 3.8) is 0 Å². The number of nitrogens with zero attached hydrogens (tertiary/aromatic N) is 1. The van der Waals surface area contributed by atoms with Crippen LogP contribution in [0.5, 0.6) is 0 Å². The van der Waals surface area contributed by atoms with Crippen molar-refractivity contribution in [2.75, 3.05) is 13.1 Å². The Kier molecular flexibility index (Phi) is 4.14. The van der Waals surface area contributed by atoms with Crippen molar-refractivity contribution >= 4 is 21.4 Å². The molecule has 0 saturated carbocycles. The van der Waals surface area contributed by atoms with E-state index in [-0.39, 0.29) is 18.4 Å². The van der Waals surface area contributed by atoms with Gasteiger partial charge < -0.3 is 4.98 Å². The van der Waals surface area contributed by atoms with Crippen LogP contribution in [0.2, 0.25) is 0 Å². The second-order valence-electron chi connectivity index (χ2n) is 7.68. The molecule has 1 aromatic carbocycles. The Bertz CT molecular complexity index is 1110. The Morgan fingerprint density at radius 1 is 1.14 bits per heavy atom. The summed E-state index contributed by atoms with van der Waals surface area (Å²) in [5, 5.41) is 2.67. The van der Waals surface area contributed by atoms with Crippen LogP contribution in [0.1, 0.15) is 29.5 Å². The monoisotopic (exact) mass is 404 g/mol. The minimum absolute atomic E-state index is 0.0672. The van der Waals surface area contributed by atoms with Crippen molar-refractivity contribution in [2.45, 2.75) is 32.0 Å². The van der Waals surface area contributed by atoms with Crippen molar-refractivity contribution in [1.82, 2.24) is 9.88 Å². The zero-order chi connectivity index (χ0) is 19.5. The van der Waals surface area contributed by atoms with Crippen LogP contribution >= 0.6 is 11.3 Å². The summed E-state index contributed by atoms with van der Waals surface area (Å²) in [4.78, 5) is 17.5. The highest BCUT2D eigenvalue weighted by Gasteiger charge is 2.41. The third-order valence-electron chi connectivity index (χ3n) is 6.06. The lowest BCUT2D eigenvalue weighted by Crippen LogP contribution is -2.38. The Morgan fingerprint density at radius 2 is 1.93 bits per heavy atom. The number of piperidine rings is 1. The van der Waals surface area contributed by atoms with Gasteiger partial charge in [0.2, 0.25) is 0 Å². The number of rotatable bonds is 2. The molecule has 0 unspecified atom stereocenters. The maximum absolute atomic E-state index is 12.9. The second-order valence-corrected chi connectivity index (χ2v) is 8.60. The van der Waals surface area contributed by atoms with Crippen LogP contribution in [0.25, 0.3) is 21.3 Å². The number of nitrogens with one attached hydrogen (secondary N) is 1. The molecule has 1 aliphatic heterocycles. The fourth-order valence-corrected chi connectivity index (χ4v) is 5.50. The van der Waals surface area contributed by atoms with Gasteiger partial charge >= 0.3 is 6.18 Å². The first-order valence-electron chi connectivity index (χ1n) is 9.44. The van der Waals surface area contributed by atoms with E-state index in [1.165, 1.54) is 5.56 Å². The van der Waals surface area contributed by atoms with Crippen LogP contribution < -0.4 is 5.56 Å². The van der Waals surface area contributed by atoms with Crippen molar-refractivity contribution in [3.05, 3.63) is 56.7 Å². The van der Waals surface area contributed by atoms with Gasteiger partial charge in [-0.2, -0.15) is 13.2 Å². The Balaban J connectivity index is 1.43. The molecule has 5 rings (SSSR count). The van der Waals surface area contributed by atoms with E-state index in [2.05, 4.69) is 16.0 Å². The first kappa shape index (κ1) is 17.9. The molecule has 1 N–H and O–H groups in total. The highest BCUT2D eigenvalue weighted by Crippen LogP contribution is 2.41. The van der Waals surface area contributed by atoms with E-state index in [0.29, 0.717) is 19.6 Å². The number of alkyl halides is 3. The summed E-state index contributed by atoms with van der Waals surface area (Å²) in [5.74, 6) is -1.17. The number of hydrogen-bond acceptors (Lipinski definition) is 3. The van der Waals surface area contributed by atoms with E-state index in [1.807, 2.05) is 23.6 Å². The number of likely N-dealkylation sites (tertiary alicyclic amines) is 1. The fourth-order valence-electron chi connectivity index (χ4n) is 4.55. The third kappa shape index (κ3) is 2.88. The van der Waals surface area contributed by atoms with Gasteiger partial charge in [0, 0.05) is 23.2 Å². The minimum atomic E-state index is -4.08. The largest absolute Gasteiger partial charge is 0.391 e. The minimum Gasteiger partial charge on any atom is -0.321 e. The van der Waals surface area contributed by atoms with Crippen molar-refractivity contribution in [2.24, 2.45) is 5.92 Å². The number of H-pyrrole nitrogens is 1. The topological polar surface area (TPSA) is 36.1 Å². The standard InChI is InChI=1S/C21H19F3N2OS/c22-21(23,24)13-4-7-26(8-5-13)11-12-2-1-3-14-16(12)10-17-18(14)25-20(27)15-6-9-28-19(15)17/h1-3,6,9,13H,4-5,7-8,10-11H2,(H,25,27). The first-order valence-corrected chi connectivity index (χ1v) is 10.3. The zero-order valence-electron chi connectivity index (χ0n) is 15.1. The summed E-state index contributed by atoms with van der Waals surface area (Å²) >= 11 is 1.58. The molecule has 1 fully saturated rings. The molecule has 0 amide bonds. The average Bonchev–Trinajstić information content (AvgIpc) is 3.27. The van der Waals surface area contributed by atoms with Gasteiger partial charge in [0.25, 0.3) is 5.56 Å². The van der Waals surface area contributed by atoms with E-state index in [4.69, 9.17) is 0 Å². The molecule has 3 heterocycles. The number of halogens is 3. The molecule has 28 heavy (non-hydrogen) atoms. The number of benzene rings is 1. The van der Waals surface area contributed by atoms with Gasteiger partial charge in [0.05, 0.1) is 17.0 Å². The lowest BCUT2D eigenvalue weighted by Gasteiger charge is -2.33. The molecule has 0 bridgehead atoms. The third-order valence-corrected chi connectivity index (χ3v) is 7.04. The molecule has 3 aromatic rings. The average molecular weight is 404 g/mol. The SMILES string of the molecule is O=c1[nH]c2c(c3sccc13)Cc1c(CN3CCC(C(F)(F)F)CC3)cccc1-2.